The van der Waals surface area contributed by atoms with Gasteiger partial charge in [0.2, 0.25) is 0 Å². The van der Waals surface area contributed by atoms with Gasteiger partial charge in [0, 0.05) is 92.0 Å². The summed E-state index contributed by atoms with van der Waals surface area (Å²) in [5.74, 6) is 0.762. The Morgan fingerprint density at radius 1 is 0.610 bits per heavy atom. The average molecular weight is 1060 g/mol. The third-order valence-electron chi connectivity index (χ3n) is 13.6. The molecule has 398 valence electrons. The van der Waals surface area contributed by atoms with E-state index in [9.17, 15) is 19.2 Å². The molecule has 2 atom stereocenters. The van der Waals surface area contributed by atoms with E-state index in [1.807, 2.05) is 133 Å². The molecule has 4 aliphatic rings. The summed E-state index contributed by atoms with van der Waals surface area (Å²) < 4.78 is 11.0. The predicted octanol–water partition coefficient (Wildman–Crippen LogP) is 12.9. The monoisotopic (exact) mass is 1060 g/mol. The minimum atomic E-state index is -0.527. The van der Waals surface area contributed by atoms with Crippen molar-refractivity contribution in [2.45, 2.75) is 104 Å². The molecule has 6 heterocycles. The summed E-state index contributed by atoms with van der Waals surface area (Å²) in [4.78, 5) is 73.2. The van der Waals surface area contributed by atoms with E-state index >= 15 is 0 Å². The molecule has 2 fully saturated rings. The fraction of sp³-hybridized carbons (Fsp3) is 0.344. The molecule has 2 unspecified atom stereocenters. The van der Waals surface area contributed by atoms with Gasteiger partial charge in [0.05, 0.1) is 34.2 Å². The number of benzene rings is 4. The number of aromatic nitrogens is 2. The smallest absolute Gasteiger partial charge is 0.410 e. The Bertz CT molecular complexity index is 3270. The summed E-state index contributed by atoms with van der Waals surface area (Å²) in [6, 6.07) is 34.7. The molecular weight excluding hydrogens is 990 g/mol. The van der Waals surface area contributed by atoms with Crippen LogP contribution >= 0.6 is 11.6 Å². The normalized spacial score (nSPS) is 16.6. The average Bonchev–Trinajstić information content (AvgIpc) is 4.27. The first-order valence-electron chi connectivity index (χ1n) is 26.4. The van der Waals surface area contributed by atoms with Crippen LogP contribution in [0, 0.1) is 0 Å². The Kier molecular flexibility index (Phi) is 16.2. The van der Waals surface area contributed by atoms with Gasteiger partial charge in [-0.25, -0.2) is 29.5 Å². The van der Waals surface area contributed by atoms with Crippen LogP contribution < -0.4 is 16.0 Å². The number of hydrogen-bond donors (Lipinski definition) is 3. The lowest BCUT2D eigenvalue weighted by molar-refractivity contribution is 0.0282. The molecule has 6 aromatic rings. The number of ether oxygens (including phenoxy) is 2. The van der Waals surface area contributed by atoms with Crippen molar-refractivity contribution in [2.75, 3.05) is 48.7 Å². The van der Waals surface area contributed by atoms with E-state index in [1.165, 1.54) is 0 Å². The molecule has 3 N–H and O–H groups in total. The number of hydrogen-bond acceptors (Lipinski definition) is 11. The van der Waals surface area contributed by atoms with E-state index < -0.39 is 11.2 Å². The topological polar surface area (TPSA) is 180 Å². The summed E-state index contributed by atoms with van der Waals surface area (Å²) in [5.41, 5.74) is 11.0. The number of amides is 4. The van der Waals surface area contributed by atoms with Crippen molar-refractivity contribution >= 4 is 75.6 Å². The summed E-state index contributed by atoms with van der Waals surface area (Å²) in [6.07, 6.45) is 6.91. The molecule has 15 nitrogen and oxygen atoms in total. The molecule has 16 heteroatoms. The van der Waals surface area contributed by atoms with Gasteiger partial charge in [-0.15, -0.1) is 0 Å². The molecule has 0 aliphatic carbocycles. The Labute approximate surface area is 455 Å². The highest BCUT2D eigenvalue weighted by atomic mass is 35.5. The second-order valence-electron chi connectivity index (χ2n) is 21.8. The van der Waals surface area contributed by atoms with E-state index in [0.29, 0.717) is 66.7 Å². The van der Waals surface area contributed by atoms with Crippen molar-refractivity contribution in [1.29, 1.82) is 0 Å². The highest BCUT2D eigenvalue weighted by molar-refractivity contribution is 6.30. The molecule has 77 heavy (non-hydrogen) atoms. The number of carbonyl (C=O) groups is 4. The van der Waals surface area contributed by atoms with Crippen LogP contribution in [0.25, 0.3) is 0 Å². The maximum Gasteiger partial charge on any atom is 0.410 e. The third kappa shape index (κ3) is 13.6. The van der Waals surface area contributed by atoms with Gasteiger partial charge in [-0.3, -0.25) is 9.59 Å². The van der Waals surface area contributed by atoms with Crippen LogP contribution in [0.15, 0.2) is 132 Å². The van der Waals surface area contributed by atoms with Gasteiger partial charge >= 0.3 is 12.2 Å². The Balaban J connectivity index is 0.000000188. The van der Waals surface area contributed by atoms with Crippen LogP contribution in [0.4, 0.5) is 38.2 Å². The van der Waals surface area contributed by atoms with E-state index in [1.54, 1.807) is 34.3 Å². The van der Waals surface area contributed by atoms with Gasteiger partial charge in [-0.2, -0.15) is 0 Å². The first-order chi connectivity index (χ1) is 36.9. The molecule has 0 saturated carbocycles. The number of aliphatic imine (C=N–C) groups is 2. The number of pyridine rings is 2. The number of fused-ring (bicyclic) bond motifs is 2. The number of rotatable bonds is 11. The SMILES string of the molecule is CC(C)(C)OC(=O)N1CCC(c2cccc(C(=O)Nc3cccc4c3N=C(c3ccnc(Cl)c3)C4)c2)C1.CCCNc1cc(C2=Nc3c(cccc3NC(=O)c3cccc(C4CCN(C(=O)OC(C)(C)C)C4)c3)C2)ccn1. The van der Waals surface area contributed by atoms with Gasteiger partial charge in [-0.05, 0) is 144 Å². The van der Waals surface area contributed by atoms with Crippen LogP contribution in [-0.4, -0.2) is 99.1 Å². The molecule has 0 spiro atoms. The Morgan fingerprint density at radius 2 is 1.08 bits per heavy atom. The zero-order chi connectivity index (χ0) is 54.4. The summed E-state index contributed by atoms with van der Waals surface area (Å²) in [6.45, 7) is 16.6. The predicted molar refractivity (Wildman–Crippen MR) is 304 cm³/mol. The first-order valence-corrected chi connectivity index (χ1v) is 26.7. The van der Waals surface area contributed by atoms with Crippen molar-refractivity contribution in [2.24, 2.45) is 9.98 Å². The van der Waals surface area contributed by atoms with E-state index in [4.69, 9.17) is 31.1 Å². The number of nitrogens with zero attached hydrogens (tertiary/aromatic N) is 6. The zero-order valence-electron chi connectivity index (χ0n) is 44.8. The maximum atomic E-state index is 13.3. The van der Waals surface area contributed by atoms with Crippen molar-refractivity contribution < 1.29 is 28.7 Å². The number of halogens is 1. The zero-order valence-corrected chi connectivity index (χ0v) is 45.5. The number of anilines is 3. The third-order valence-corrected chi connectivity index (χ3v) is 13.8. The van der Waals surface area contributed by atoms with E-state index in [2.05, 4.69) is 38.9 Å². The van der Waals surface area contributed by atoms with Crippen LogP contribution in [0.5, 0.6) is 0 Å². The van der Waals surface area contributed by atoms with Crippen molar-refractivity contribution in [3.63, 3.8) is 0 Å². The standard InChI is InChI=1S/C32H37N5O3.C29H29ClN4O3/c1-5-14-33-28-19-22(12-15-34-28)27-18-23-9-7-11-26(29(23)35-27)36-30(38)24-10-6-8-21(17-24)25-13-16-37(20-25)31(39)40-32(2,3)4;1-29(2,3)37-28(36)34-13-11-22(17-34)18-6-4-8-21(14-18)27(35)33-23-9-5-7-20-15-24(32-26(20)23)19-10-12-31-25(30)16-19/h6-12,15,17,19,25H,5,13-14,16,18,20H2,1-4H3,(H,33,34)(H,36,38);4-10,12,14,16,22H,11,13,15,17H2,1-3H3,(H,33,35). The number of para-hydroxylation sites is 2. The molecule has 2 aromatic heterocycles. The van der Waals surface area contributed by atoms with Crippen molar-refractivity contribution in [3.8, 4) is 0 Å². The fourth-order valence-electron chi connectivity index (χ4n) is 9.82. The highest BCUT2D eigenvalue weighted by Gasteiger charge is 2.33. The lowest BCUT2D eigenvalue weighted by atomic mass is 9.96. The molecule has 4 aromatic carbocycles. The molecule has 4 aliphatic heterocycles. The Morgan fingerprint density at radius 3 is 1.55 bits per heavy atom. The molecular formula is C61H66ClN9O6. The second-order valence-corrected chi connectivity index (χ2v) is 22.2. The quantitative estimate of drug-likeness (QED) is 0.106. The Hall–Kier alpha value is -7.91. The van der Waals surface area contributed by atoms with E-state index in [-0.39, 0.29) is 35.8 Å². The second kappa shape index (κ2) is 23.1. The minimum Gasteiger partial charge on any atom is -0.444 e. The largest absolute Gasteiger partial charge is 0.444 e. The summed E-state index contributed by atoms with van der Waals surface area (Å²) >= 11 is 6.06. The minimum absolute atomic E-state index is 0.153. The molecule has 0 radical (unpaired) electrons. The van der Waals surface area contributed by atoms with Gasteiger partial charge in [0.25, 0.3) is 11.8 Å². The molecule has 0 bridgehead atoms. The van der Waals surface area contributed by atoms with E-state index in [0.717, 1.165) is 87.8 Å². The van der Waals surface area contributed by atoms with Crippen LogP contribution in [0.1, 0.15) is 134 Å². The summed E-state index contributed by atoms with van der Waals surface area (Å²) in [5, 5.41) is 9.87. The van der Waals surface area contributed by atoms with Crippen molar-refractivity contribution in [1.82, 2.24) is 19.8 Å². The van der Waals surface area contributed by atoms with Crippen LogP contribution in [-0.2, 0) is 22.3 Å². The van der Waals surface area contributed by atoms with Gasteiger partial charge < -0.3 is 35.2 Å². The van der Waals surface area contributed by atoms with Gasteiger partial charge in [-0.1, -0.05) is 67.1 Å². The lowest BCUT2D eigenvalue weighted by Crippen LogP contribution is -2.35. The van der Waals surface area contributed by atoms with Crippen LogP contribution in [0.3, 0.4) is 0 Å². The first kappa shape index (κ1) is 53.9. The van der Waals surface area contributed by atoms with Crippen LogP contribution in [0.2, 0.25) is 5.15 Å². The fourth-order valence-corrected chi connectivity index (χ4v) is 10.00. The lowest BCUT2D eigenvalue weighted by Gasteiger charge is -2.24. The number of nitrogens with one attached hydrogen (secondary N) is 3. The van der Waals surface area contributed by atoms with Gasteiger partial charge in [0.1, 0.15) is 22.2 Å². The van der Waals surface area contributed by atoms with Crippen molar-refractivity contribution in [3.05, 3.63) is 171 Å². The number of carbonyl (C=O) groups excluding carboxylic acids is 4. The molecule has 4 amide bonds. The summed E-state index contributed by atoms with van der Waals surface area (Å²) in [7, 11) is 0. The number of likely N-dealkylation sites (tertiary alicyclic amines) is 2. The molecule has 2 saturated heterocycles. The highest BCUT2D eigenvalue weighted by Crippen LogP contribution is 2.39. The van der Waals surface area contributed by atoms with Gasteiger partial charge in [0.15, 0.2) is 0 Å². The maximum absolute atomic E-state index is 13.3. The molecule has 10 rings (SSSR count).